The zero-order valence-corrected chi connectivity index (χ0v) is 27.3. The van der Waals surface area contributed by atoms with Crippen LogP contribution >= 0.6 is 0 Å². The summed E-state index contributed by atoms with van der Waals surface area (Å²) in [5.74, 6) is -1.52. The lowest BCUT2D eigenvalue weighted by molar-refractivity contribution is -0.140. The molecular weight excluding hydrogens is 562 g/mol. The predicted molar refractivity (Wildman–Crippen MR) is 160 cm³/mol. The van der Waals surface area contributed by atoms with Crippen molar-refractivity contribution in [2.24, 2.45) is 5.41 Å². The summed E-state index contributed by atoms with van der Waals surface area (Å²) in [5, 5.41) is 11.9. The fourth-order valence-corrected chi connectivity index (χ4v) is 7.11. The number of aromatic nitrogens is 1. The number of rotatable bonds is 6. The van der Waals surface area contributed by atoms with E-state index >= 15 is 0 Å². The van der Waals surface area contributed by atoms with Crippen LogP contribution in [0.3, 0.4) is 0 Å². The zero-order valence-electron chi connectivity index (χ0n) is 26.3. The van der Waals surface area contributed by atoms with E-state index < -0.39 is 32.0 Å². The van der Waals surface area contributed by atoms with Crippen molar-refractivity contribution in [3.05, 3.63) is 69.3 Å². The number of hydrogen-bond donors (Lipinski definition) is 1. The Bertz CT molecular complexity index is 1360. The molecule has 2 aromatic rings. The summed E-state index contributed by atoms with van der Waals surface area (Å²) in [6.07, 6.45) is -2.41. The van der Waals surface area contributed by atoms with Crippen molar-refractivity contribution in [2.75, 3.05) is 13.2 Å². The normalized spacial score (nSPS) is 20.4. The van der Waals surface area contributed by atoms with Crippen LogP contribution in [-0.2, 0) is 21.8 Å². The van der Waals surface area contributed by atoms with E-state index in [1.165, 1.54) is 0 Å². The van der Waals surface area contributed by atoms with Crippen molar-refractivity contribution in [2.45, 2.75) is 110 Å². The van der Waals surface area contributed by atoms with Crippen molar-refractivity contribution in [3.8, 4) is 0 Å². The van der Waals surface area contributed by atoms with E-state index in [1.54, 1.807) is 0 Å². The molecule has 1 aromatic carbocycles. The number of fused-ring (bicyclic) bond motifs is 1. The summed E-state index contributed by atoms with van der Waals surface area (Å²) in [6, 6.07) is 2.66. The largest absolute Gasteiger partial charge is 0.419 e. The maximum atomic E-state index is 14.8. The van der Waals surface area contributed by atoms with Gasteiger partial charge in [-0.1, -0.05) is 60.6 Å². The highest BCUT2D eigenvalue weighted by Gasteiger charge is 2.45. The molecule has 2 atom stereocenters. The number of alkyl halides is 3. The molecule has 1 aliphatic carbocycles. The first-order valence-corrected chi connectivity index (χ1v) is 17.7. The average molecular weight is 608 g/mol. The maximum absolute atomic E-state index is 14.8. The molecule has 232 valence electrons. The standard InChI is InChI=1S/C33H45F4NO3Si/c1-19(2)29-28(30(39)21-10-11-22(23(34)16-21)33(35,36)37)26(20-12-14-40-15-13-20)27-24(38-29)17-32(6,7)18-25(27)41-42(8,9)31(3,4)5/h10-12,16,19,25,30,39H,13-15,17-18H2,1-9H3/t25-,30?/m1/s1. The van der Waals surface area contributed by atoms with E-state index in [9.17, 15) is 22.7 Å². The molecule has 0 saturated heterocycles. The highest BCUT2D eigenvalue weighted by Crippen LogP contribution is 2.51. The lowest BCUT2D eigenvalue weighted by Gasteiger charge is -2.45. The lowest BCUT2D eigenvalue weighted by atomic mass is 9.71. The molecule has 1 N–H and O–H groups in total. The van der Waals surface area contributed by atoms with E-state index in [0.29, 0.717) is 37.0 Å². The van der Waals surface area contributed by atoms with Gasteiger partial charge in [0.1, 0.15) is 11.9 Å². The third-order valence-electron chi connectivity index (χ3n) is 9.05. The molecule has 9 heteroatoms. The van der Waals surface area contributed by atoms with Crippen LogP contribution in [0.4, 0.5) is 17.6 Å². The van der Waals surface area contributed by atoms with Crippen molar-refractivity contribution < 1.29 is 31.8 Å². The fourth-order valence-electron chi connectivity index (χ4n) is 5.84. The summed E-state index contributed by atoms with van der Waals surface area (Å²) in [6.45, 7) is 20.4. The second-order valence-electron chi connectivity index (χ2n) is 14.4. The SMILES string of the molecule is CC(C)c1nc2c(c(C3=CCOCC3)c1C(O)c1ccc(C(F)(F)F)c(F)c1)[C@H](O[Si](C)(C)C(C)(C)C)CC(C)(C)C2. The summed E-state index contributed by atoms with van der Waals surface area (Å²) < 4.78 is 67.6. The van der Waals surface area contributed by atoms with Crippen molar-refractivity contribution in [3.63, 3.8) is 0 Å². The minimum absolute atomic E-state index is 0.0434. The first kappa shape index (κ1) is 32.8. The van der Waals surface area contributed by atoms with Gasteiger partial charge in [-0.25, -0.2) is 4.39 Å². The first-order valence-electron chi connectivity index (χ1n) is 14.8. The zero-order chi connectivity index (χ0) is 31.4. The second-order valence-corrected chi connectivity index (χ2v) is 19.2. The van der Waals surface area contributed by atoms with Crippen LogP contribution in [0.5, 0.6) is 0 Å². The number of hydrogen-bond acceptors (Lipinski definition) is 4. The number of benzene rings is 1. The van der Waals surface area contributed by atoms with Crippen LogP contribution in [0.15, 0.2) is 24.3 Å². The molecule has 2 heterocycles. The number of nitrogens with zero attached hydrogens (tertiary/aromatic N) is 1. The molecule has 1 unspecified atom stereocenters. The van der Waals surface area contributed by atoms with Gasteiger partial charge >= 0.3 is 6.18 Å². The fraction of sp³-hybridized carbons (Fsp3) is 0.606. The molecule has 0 amide bonds. The predicted octanol–water partition coefficient (Wildman–Crippen LogP) is 9.28. The Kier molecular flexibility index (Phi) is 8.95. The van der Waals surface area contributed by atoms with Gasteiger partial charge in [-0.3, -0.25) is 4.98 Å². The topological polar surface area (TPSA) is 51.6 Å². The van der Waals surface area contributed by atoms with Gasteiger partial charge in [0.2, 0.25) is 0 Å². The summed E-state index contributed by atoms with van der Waals surface area (Å²) >= 11 is 0. The van der Waals surface area contributed by atoms with Crippen molar-refractivity contribution in [1.29, 1.82) is 0 Å². The Labute approximate surface area is 248 Å². The lowest BCUT2D eigenvalue weighted by Crippen LogP contribution is -2.44. The van der Waals surface area contributed by atoms with E-state index in [2.05, 4.69) is 47.7 Å². The van der Waals surface area contributed by atoms with Gasteiger partial charge in [-0.15, -0.1) is 0 Å². The number of aliphatic hydroxyl groups excluding tert-OH is 1. The molecule has 0 saturated carbocycles. The van der Waals surface area contributed by atoms with Crippen LogP contribution in [0.2, 0.25) is 18.1 Å². The van der Waals surface area contributed by atoms with E-state index in [0.717, 1.165) is 47.4 Å². The van der Waals surface area contributed by atoms with E-state index in [1.807, 2.05) is 19.9 Å². The van der Waals surface area contributed by atoms with Crippen molar-refractivity contribution >= 4 is 13.9 Å². The monoisotopic (exact) mass is 607 g/mol. The first-order chi connectivity index (χ1) is 19.2. The molecule has 2 aliphatic rings. The Morgan fingerprint density at radius 1 is 1.14 bits per heavy atom. The molecule has 42 heavy (non-hydrogen) atoms. The number of halogens is 4. The van der Waals surface area contributed by atoms with Crippen LogP contribution in [-0.4, -0.2) is 31.6 Å². The molecule has 0 radical (unpaired) electrons. The van der Waals surface area contributed by atoms with E-state index in [-0.39, 0.29) is 28.0 Å². The second kappa shape index (κ2) is 11.5. The average Bonchev–Trinajstić information content (AvgIpc) is 2.85. The Morgan fingerprint density at radius 3 is 2.33 bits per heavy atom. The van der Waals surface area contributed by atoms with Crippen LogP contribution in [0.25, 0.3) is 5.57 Å². The molecule has 4 rings (SSSR count). The number of ether oxygens (including phenoxy) is 1. The van der Waals surface area contributed by atoms with Gasteiger partial charge in [0, 0.05) is 22.5 Å². The smallest absolute Gasteiger partial charge is 0.410 e. The highest BCUT2D eigenvalue weighted by atomic mass is 28.4. The van der Waals surface area contributed by atoms with Gasteiger partial charge in [0.05, 0.1) is 24.9 Å². The third-order valence-corrected chi connectivity index (χ3v) is 13.5. The van der Waals surface area contributed by atoms with Crippen LogP contribution in [0, 0.1) is 11.2 Å². The van der Waals surface area contributed by atoms with Gasteiger partial charge in [-0.2, -0.15) is 13.2 Å². The molecule has 1 aromatic heterocycles. The van der Waals surface area contributed by atoms with Gasteiger partial charge in [0.25, 0.3) is 0 Å². The Balaban J connectivity index is 2.03. The summed E-state index contributed by atoms with van der Waals surface area (Å²) in [5.41, 5.74) is 3.48. The molecule has 0 fully saturated rings. The molecule has 0 bridgehead atoms. The van der Waals surface area contributed by atoms with Crippen LogP contribution in [0.1, 0.15) is 119 Å². The number of pyridine rings is 1. The minimum atomic E-state index is -4.83. The van der Waals surface area contributed by atoms with Gasteiger partial charge < -0.3 is 14.3 Å². The molecule has 4 nitrogen and oxygen atoms in total. The van der Waals surface area contributed by atoms with Gasteiger partial charge in [0.15, 0.2) is 8.32 Å². The third kappa shape index (κ3) is 6.54. The van der Waals surface area contributed by atoms with Crippen molar-refractivity contribution in [1.82, 2.24) is 4.98 Å². The quantitative estimate of drug-likeness (QED) is 0.263. The highest BCUT2D eigenvalue weighted by molar-refractivity contribution is 6.74. The van der Waals surface area contributed by atoms with E-state index in [4.69, 9.17) is 14.1 Å². The van der Waals surface area contributed by atoms with Gasteiger partial charge in [-0.05, 0) is 77.6 Å². The van der Waals surface area contributed by atoms with Crippen LogP contribution < -0.4 is 0 Å². The molecular formula is C33H45F4NO3Si. The summed E-state index contributed by atoms with van der Waals surface area (Å²) in [7, 11) is -2.26. The number of aliphatic hydroxyl groups is 1. The Hall–Kier alpha value is -2.07. The Morgan fingerprint density at radius 2 is 1.81 bits per heavy atom. The molecule has 0 spiro atoms. The minimum Gasteiger partial charge on any atom is -0.410 e. The molecule has 1 aliphatic heterocycles. The maximum Gasteiger partial charge on any atom is 0.419 e. The summed E-state index contributed by atoms with van der Waals surface area (Å²) in [4.78, 5) is 5.18.